The minimum absolute atomic E-state index is 0.0871. The summed E-state index contributed by atoms with van der Waals surface area (Å²) in [6.07, 6.45) is -1.99. The number of amides is 2. The summed E-state index contributed by atoms with van der Waals surface area (Å²) < 4.78 is 39.2. The SMILES string of the molecule is Cc1cccc(CN(CCc2c[nH]c3ccccc23)C(=O)Nc2cccc(C(F)(F)F)c2)n1. The summed E-state index contributed by atoms with van der Waals surface area (Å²) in [6.45, 7) is 2.46. The van der Waals surface area contributed by atoms with Gasteiger partial charge in [0.15, 0.2) is 0 Å². The Morgan fingerprint density at radius 1 is 1.06 bits per heavy atom. The minimum atomic E-state index is -4.48. The molecule has 4 rings (SSSR count). The van der Waals surface area contributed by atoms with Crippen LogP contribution in [0.2, 0.25) is 0 Å². The van der Waals surface area contributed by atoms with E-state index in [1.165, 1.54) is 12.1 Å². The van der Waals surface area contributed by atoms with Crippen LogP contribution in [0.25, 0.3) is 10.9 Å². The molecule has 5 nitrogen and oxygen atoms in total. The van der Waals surface area contributed by atoms with Crippen LogP contribution in [0.1, 0.15) is 22.5 Å². The number of alkyl halides is 3. The molecule has 0 unspecified atom stereocenters. The van der Waals surface area contributed by atoms with Gasteiger partial charge in [0.25, 0.3) is 0 Å². The van der Waals surface area contributed by atoms with Crippen LogP contribution in [0, 0.1) is 6.92 Å². The summed E-state index contributed by atoms with van der Waals surface area (Å²) in [7, 11) is 0. The number of aromatic nitrogens is 2. The number of hydrogen-bond acceptors (Lipinski definition) is 2. The second kappa shape index (κ2) is 9.36. The highest BCUT2D eigenvalue weighted by Crippen LogP contribution is 2.30. The number of benzene rings is 2. The van der Waals surface area contributed by atoms with Gasteiger partial charge in [0.1, 0.15) is 0 Å². The minimum Gasteiger partial charge on any atom is -0.361 e. The zero-order chi connectivity index (χ0) is 23.4. The molecule has 2 aromatic heterocycles. The Labute approximate surface area is 189 Å². The van der Waals surface area contributed by atoms with E-state index in [0.717, 1.165) is 34.3 Å². The lowest BCUT2D eigenvalue weighted by atomic mass is 10.1. The number of aryl methyl sites for hydroxylation is 1. The van der Waals surface area contributed by atoms with E-state index in [1.807, 2.05) is 55.6 Å². The quantitative estimate of drug-likeness (QED) is 0.368. The number of hydrogen-bond donors (Lipinski definition) is 2. The number of urea groups is 1. The van der Waals surface area contributed by atoms with Crippen LogP contribution >= 0.6 is 0 Å². The third-order valence-corrected chi connectivity index (χ3v) is 5.35. The lowest BCUT2D eigenvalue weighted by Crippen LogP contribution is -2.36. The smallest absolute Gasteiger partial charge is 0.361 e. The number of H-pyrrole nitrogens is 1. The van der Waals surface area contributed by atoms with E-state index in [9.17, 15) is 18.0 Å². The zero-order valence-corrected chi connectivity index (χ0v) is 18.0. The van der Waals surface area contributed by atoms with E-state index in [2.05, 4.69) is 15.3 Å². The molecule has 0 aliphatic carbocycles. The molecule has 8 heteroatoms. The van der Waals surface area contributed by atoms with Gasteiger partial charge in [-0.2, -0.15) is 13.2 Å². The molecular formula is C25H23F3N4O. The fourth-order valence-electron chi connectivity index (χ4n) is 3.71. The number of nitrogens with one attached hydrogen (secondary N) is 2. The van der Waals surface area contributed by atoms with Gasteiger partial charge in [-0.15, -0.1) is 0 Å². The van der Waals surface area contributed by atoms with Crippen molar-refractivity contribution in [3.05, 3.63) is 95.4 Å². The zero-order valence-electron chi connectivity index (χ0n) is 18.0. The molecule has 0 radical (unpaired) electrons. The van der Waals surface area contributed by atoms with Crippen molar-refractivity contribution in [2.75, 3.05) is 11.9 Å². The number of carbonyl (C=O) groups excluding carboxylic acids is 1. The Bertz CT molecular complexity index is 1270. The number of fused-ring (bicyclic) bond motifs is 1. The van der Waals surface area contributed by atoms with Crippen molar-refractivity contribution in [1.29, 1.82) is 0 Å². The highest BCUT2D eigenvalue weighted by Gasteiger charge is 2.30. The average molecular weight is 452 g/mol. The maximum atomic E-state index is 13.1. The van der Waals surface area contributed by atoms with Crippen molar-refractivity contribution in [3.8, 4) is 0 Å². The van der Waals surface area contributed by atoms with Gasteiger partial charge < -0.3 is 15.2 Å². The lowest BCUT2D eigenvalue weighted by Gasteiger charge is -2.23. The second-order valence-corrected chi connectivity index (χ2v) is 7.81. The molecule has 0 atom stereocenters. The van der Waals surface area contributed by atoms with Gasteiger partial charge in [-0.05, 0) is 55.3 Å². The van der Waals surface area contributed by atoms with Gasteiger partial charge in [0.05, 0.1) is 17.8 Å². The van der Waals surface area contributed by atoms with Crippen molar-refractivity contribution in [2.24, 2.45) is 0 Å². The van der Waals surface area contributed by atoms with Gasteiger partial charge in [0.2, 0.25) is 0 Å². The van der Waals surface area contributed by atoms with Gasteiger partial charge in [-0.25, -0.2) is 4.79 Å². The van der Waals surface area contributed by atoms with Crippen molar-refractivity contribution in [3.63, 3.8) is 0 Å². The molecule has 0 aliphatic rings. The molecule has 2 aromatic carbocycles. The van der Waals surface area contributed by atoms with E-state index < -0.39 is 17.8 Å². The third-order valence-electron chi connectivity index (χ3n) is 5.35. The normalized spacial score (nSPS) is 11.5. The summed E-state index contributed by atoms with van der Waals surface area (Å²) in [5.74, 6) is 0. The molecule has 4 aromatic rings. The first-order chi connectivity index (χ1) is 15.8. The largest absolute Gasteiger partial charge is 0.416 e. The summed E-state index contributed by atoms with van der Waals surface area (Å²) >= 11 is 0. The Morgan fingerprint density at radius 3 is 2.64 bits per heavy atom. The van der Waals surface area contributed by atoms with E-state index in [1.54, 1.807) is 4.90 Å². The van der Waals surface area contributed by atoms with Crippen LogP contribution in [-0.2, 0) is 19.1 Å². The monoisotopic (exact) mass is 452 g/mol. The lowest BCUT2D eigenvalue weighted by molar-refractivity contribution is -0.137. The Morgan fingerprint density at radius 2 is 1.85 bits per heavy atom. The molecule has 0 bridgehead atoms. The number of aromatic amines is 1. The topological polar surface area (TPSA) is 61.0 Å². The maximum Gasteiger partial charge on any atom is 0.416 e. The molecule has 2 amide bonds. The van der Waals surface area contributed by atoms with Crippen molar-refractivity contribution in [1.82, 2.24) is 14.9 Å². The first kappa shape index (κ1) is 22.4. The molecule has 0 spiro atoms. The number of anilines is 1. The molecule has 33 heavy (non-hydrogen) atoms. The Balaban J connectivity index is 1.54. The standard InChI is InChI=1S/C25H23F3N4O/c1-17-6-4-9-21(30-17)16-32(13-12-18-15-29-23-11-3-2-10-22(18)23)24(33)31-20-8-5-7-19(14-20)25(26,27)28/h2-11,14-15,29H,12-13,16H2,1H3,(H,31,33). The Kier molecular flexibility index (Phi) is 6.35. The fraction of sp³-hybridized carbons (Fsp3) is 0.200. The first-order valence-electron chi connectivity index (χ1n) is 10.5. The summed E-state index contributed by atoms with van der Waals surface area (Å²) in [5, 5.41) is 3.68. The van der Waals surface area contributed by atoms with Gasteiger partial charge in [0, 0.05) is 35.0 Å². The summed E-state index contributed by atoms with van der Waals surface area (Å²) in [4.78, 5) is 22.3. The van der Waals surface area contributed by atoms with Crippen LogP contribution in [0.4, 0.5) is 23.7 Å². The van der Waals surface area contributed by atoms with Gasteiger partial charge in [-0.1, -0.05) is 30.3 Å². The second-order valence-electron chi connectivity index (χ2n) is 7.81. The highest BCUT2D eigenvalue weighted by molar-refractivity contribution is 5.89. The Hall–Kier alpha value is -3.81. The van der Waals surface area contributed by atoms with Crippen LogP contribution in [-0.4, -0.2) is 27.4 Å². The van der Waals surface area contributed by atoms with Crippen molar-refractivity contribution >= 4 is 22.6 Å². The van der Waals surface area contributed by atoms with Gasteiger partial charge in [-0.3, -0.25) is 4.98 Å². The maximum absolute atomic E-state index is 13.1. The molecule has 170 valence electrons. The number of carbonyl (C=O) groups is 1. The van der Waals surface area contributed by atoms with Crippen LogP contribution in [0.15, 0.2) is 72.9 Å². The van der Waals surface area contributed by atoms with Crippen molar-refractivity contribution < 1.29 is 18.0 Å². The summed E-state index contributed by atoms with van der Waals surface area (Å²) in [5.41, 5.74) is 2.86. The highest BCUT2D eigenvalue weighted by atomic mass is 19.4. The van der Waals surface area contributed by atoms with Crippen LogP contribution < -0.4 is 5.32 Å². The summed E-state index contributed by atoms with van der Waals surface area (Å²) in [6, 6.07) is 17.6. The molecule has 2 N–H and O–H groups in total. The van der Waals surface area contributed by atoms with Crippen molar-refractivity contribution in [2.45, 2.75) is 26.1 Å². The van der Waals surface area contributed by atoms with Gasteiger partial charge >= 0.3 is 12.2 Å². The molecule has 0 saturated heterocycles. The molecule has 2 heterocycles. The predicted octanol–water partition coefficient (Wildman–Crippen LogP) is 6.17. The van der Waals surface area contributed by atoms with Crippen LogP contribution in [0.3, 0.4) is 0 Å². The fourth-order valence-corrected chi connectivity index (χ4v) is 3.71. The first-order valence-corrected chi connectivity index (χ1v) is 10.5. The van der Waals surface area contributed by atoms with E-state index in [-0.39, 0.29) is 12.2 Å². The number of pyridine rings is 1. The molecule has 0 saturated carbocycles. The molecular weight excluding hydrogens is 429 g/mol. The number of para-hydroxylation sites is 1. The number of rotatable bonds is 6. The number of nitrogens with zero attached hydrogens (tertiary/aromatic N) is 2. The molecule has 0 fully saturated rings. The van der Waals surface area contributed by atoms with Crippen LogP contribution in [0.5, 0.6) is 0 Å². The third kappa shape index (κ3) is 5.52. The number of halogens is 3. The predicted molar refractivity (Wildman–Crippen MR) is 122 cm³/mol. The molecule has 0 aliphatic heterocycles. The van der Waals surface area contributed by atoms with E-state index >= 15 is 0 Å². The van der Waals surface area contributed by atoms with E-state index in [4.69, 9.17) is 0 Å². The van der Waals surface area contributed by atoms with E-state index in [0.29, 0.717) is 18.7 Å². The average Bonchev–Trinajstić information content (AvgIpc) is 3.19.